The first-order valence-electron chi connectivity index (χ1n) is 11.7. The average molecular weight is 579 g/mol. The summed E-state index contributed by atoms with van der Waals surface area (Å²) in [4.78, 5) is 37.3. The topological polar surface area (TPSA) is 129 Å². The number of carboxylic acids is 2. The van der Waals surface area contributed by atoms with Gasteiger partial charge in [-0.1, -0.05) is 24.3 Å². The van der Waals surface area contributed by atoms with Gasteiger partial charge < -0.3 is 20.3 Å². The Morgan fingerprint density at radius 2 is 1.57 bits per heavy atom. The summed E-state index contributed by atoms with van der Waals surface area (Å²) >= 11 is 0. The van der Waals surface area contributed by atoms with Crippen molar-refractivity contribution in [3.8, 4) is 0 Å². The second-order valence-electron chi connectivity index (χ2n) is 9.17. The average Bonchev–Trinajstić information content (AvgIpc) is 3.39. The van der Waals surface area contributed by atoms with E-state index in [-0.39, 0.29) is 11.3 Å². The van der Waals surface area contributed by atoms with Crippen molar-refractivity contribution in [2.75, 3.05) is 32.8 Å². The Hall–Kier alpha value is -3.72. The van der Waals surface area contributed by atoms with E-state index in [0.717, 1.165) is 37.6 Å². The van der Waals surface area contributed by atoms with Gasteiger partial charge in [-0.2, -0.15) is 26.3 Å². The molecule has 0 unspecified atom stereocenters. The molecule has 3 N–H and O–H groups in total. The van der Waals surface area contributed by atoms with Crippen LogP contribution in [0.3, 0.4) is 0 Å². The molecule has 2 atom stereocenters. The molecular weight excluding hydrogens is 552 g/mol. The van der Waals surface area contributed by atoms with E-state index >= 15 is 0 Å². The molecule has 4 rings (SSSR count). The molecule has 0 saturated carbocycles. The van der Waals surface area contributed by atoms with E-state index in [1.807, 2.05) is 43.3 Å². The van der Waals surface area contributed by atoms with Crippen molar-refractivity contribution in [1.29, 1.82) is 0 Å². The van der Waals surface area contributed by atoms with Crippen LogP contribution in [-0.4, -0.2) is 83.1 Å². The molecule has 2 aliphatic rings. The van der Waals surface area contributed by atoms with Gasteiger partial charge in [0.25, 0.3) is 5.91 Å². The SMILES string of the molecule is Cc1cccc(CN2C[C@@H]3COC[C@]3(CNC(=O)c3ccccc3)C2)n1.O=C(O)C(F)(F)F.O=C(O)C(F)(F)F. The molecule has 9 nitrogen and oxygen atoms in total. The minimum atomic E-state index is -5.08. The number of pyridine rings is 1. The number of carboxylic acid groups (broad SMARTS) is 2. The fourth-order valence-corrected chi connectivity index (χ4v) is 4.18. The Bertz CT molecular complexity index is 1140. The van der Waals surface area contributed by atoms with Crippen LogP contribution in [0.2, 0.25) is 0 Å². The Balaban J connectivity index is 0.000000333. The van der Waals surface area contributed by atoms with Gasteiger partial charge in [0, 0.05) is 48.8 Å². The van der Waals surface area contributed by atoms with Crippen LogP contribution in [0, 0.1) is 18.3 Å². The zero-order valence-corrected chi connectivity index (χ0v) is 21.1. The third-order valence-electron chi connectivity index (χ3n) is 6.05. The monoisotopic (exact) mass is 579 g/mol. The molecule has 1 aromatic heterocycles. The largest absolute Gasteiger partial charge is 0.490 e. The van der Waals surface area contributed by atoms with Gasteiger partial charge in [0.2, 0.25) is 0 Å². The molecule has 0 radical (unpaired) electrons. The van der Waals surface area contributed by atoms with Crippen LogP contribution in [0.15, 0.2) is 48.5 Å². The summed E-state index contributed by atoms with van der Waals surface area (Å²) < 4.78 is 69.2. The van der Waals surface area contributed by atoms with Crippen LogP contribution in [0.5, 0.6) is 0 Å². The molecule has 220 valence electrons. The number of halogens is 6. The molecule has 2 aliphatic heterocycles. The number of ether oxygens (including phenoxy) is 1. The molecule has 0 spiro atoms. The first-order valence-corrected chi connectivity index (χ1v) is 11.7. The molecule has 1 aromatic carbocycles. The predicted molar refractivity (Wildman–Crippen MR) is 127 cm³/mol. The van der Waals surface area contributed by atoms with E-state index in [1.54, 1.807) is 0 Å². The molecule has 0 bridgehead atoms. The van der Waals surface area contributed by atoms with Crippen molar-refractivity contribution in [2.45, 2.75) is 25.8 Å². The number of alkyl halides is 6. The van der Waals surface area contributed by atoms with Crippen molar-refractivity contribution in [2.24, 2.45) is 11.3 Å². The summed E-state index contributed by atoms with van der Waals surface area (Å²) in [6, 6.07) is 15.6. The van der Waals surface area contributed by atoms with Crippen LogP contribution in [-0.2, 0) is 20.9 Å². The number of rotatable bonds is 5. The lowest BCUT2D eigenvalue weighted by Gasteiger charge is -2.27. The van der Waals surface area contributed by atoms with Gasteiger partial charge in [-0.3, -0.25) is 14.7 Å². The highest BCUT2D eigenvalue weighted by molar-refractivity contribution is 5.94. The minimum Gasteiger partial charge on any atom is -0.475 e. The van der Waals surface area contributed by atoms with E-state index in [1.165, 1.54) is 0 Å². The molecule has 1 amide bonds. The second kappa shape index (κ2) is 13.6. The zero-order valence-electron chi connectivity index (χ0n) is 21.1. The lowest BCUT2D eigenvalue weighted by molar-refractivity contribution is -0.193. The number of aliphatic carboxylic acids is 2. The van der Waals surface area contributed by atoms with E-state index in [4.69, 9.17) is 24.5 Å². The van der Waals surface area contributed by atoms with E-state index in [2.05, 4.69) is 27.3 Å². The molecule has 3 heterocycles. The Morgan fingerprint density at radius 1 is 1.00 bits per heavy atom. The predicted octanol–water partition coefficient (Wildman–Crippen LogP) is 3.54. The van der Waals surface area contributed by atoms with Gasteiger partial charge in [0.1, 0.15) is 0 Å². The quantitative estimate of drug-likeness (QED) is 0.459. The number of nitrogens with zero attached hydrogens (tertiary/aromatic N) is 2. The van der Waals surface area contributed by atoms with Crippen molar-refractivity contribution >= 4 is 17.8 Å². The fraction of sp³-hybridized carbons (Fsp3) is 0.440. The van der Waals surface area contributed by atoms with Crippen molar-refractivity contribution < 1.29 is 55.7 Å². The van der Waals surface area contributed by atoms with Gasteiger partial charge in [-0.05, 0) is 31.2 Å². The summed E-state index contributed by atoms with van der Waals surface area (Å²) in [5.74, 6) is -5.06. The van der Waals surface area contributed by atoms with Crippen LogP contribution in [0.4, 0.5) is 26.3 Å². The number of hydrogen-bond donors (Lipinski definition) is 3. The minimum absolute atomic E-state index is 0.00820. The first kappa shape index (κ1) is 32.5. The summed E-state index contributed by atoms with van der Waals surface area (Å²) in [5.41, 5.74) is 2.87. The number of likely N-dealkylation sites (tertiary alicyclic amines) is 1. The first-order chi connectivity index (χ1) is 18.5. The normalized spacial score (nSPS) is 20.3. The molecule has 0 aliphatic carbocycles. The highest BCUT2D eigenvalue weighted by Crippen LogP contribution is 2.41. The zero-order chi connectivity index (χ0) is 30.1. The Kier molecular flexibility index (Phi) is 11.0. The number of amides is 1. The van der Waals surface area contributed by atoms with Crippen LogP contribution < -0.4 is 5.32 Å². The number of benzene rings is 1. The molecule has 2 saturated heterocycles. The molecule has 15 heteroatoms. The summed E-state index contributed by atoms with van der Waals surface area (Å²) in [6.45, 7) is 6.95. The lowest BCUT2D eigenvalue weighted by atomic mass is 9.81. The summed E-state index contributed by atoms with van der Waals surface area (Å²) in [5, 5.41) is 17.4. The van der Waals surface area contributed by atoms with Crippen molar-refractivity contribution in [1.82, 2.24) is 15.2 Å². The Labute approximate surface area is 224 Å². The van der Waals surface area contributed by atoms with Crippen LogP contribution >= 0.6 is 0 Å². The smallest absolute Gasteiger partial charge is 0.475 e. The molecule has 40 heavy (non-hydrogen) atoms. The highest BCUT2D eigenvalue weighted by Gasteiger charge is 2.50. The van der Waals surface area contributed by atoms with Gasteiger partial charge in [-0.25, -0.2) is 9.59 Å². The van der Waals surface area contributed by atoms with Gasteiger partial charge in [0.05, 0.1) is 18.9 Å². The second-order valence-corrected chi connectivity index (χ2v) is 9.17. The number of aryl methyl sites for hydroxylation is 1. The van der Waals surface area contributed by atoms with E-state index in [0.29, 0.717) is 24.6 Å². The number of carbonyl (C=O) groups is 3. The number of hydrogen-bond acceptors (Lipinski definition) is 6. The summed E-state index contributed by atoms with van der Waals surface area (Å²) in [6.07, 6.45) is -10.2. The maximum atomic E-state index is 12.4. The third kappa shape index (κ3) is 9.79. The lowest BCUT2D eigenvalue weighted by Crippen LogP contribution is -2.43. The molecule has 2 fully saturated rings. The van der Waals surface area contributed by atoms with E-state index < -0.39 is 24.3 Å². The summed E-state index contributed by atoms with van der Waals surface area (Å²) in [7, 11) is 0. The van der Waals surface area contributed by atoms with Crippen molar-refractivity contribution in [3.63, 3.8) is 0 Å². The van der Waals surface area contributed by atoms with Crippen LogP contribution in [0.25, 0.3) is 0 Å². The fourth-order valence-electron chi connectivity index (χ4n) is 4.18. The third-order valence-corrected chi connectivity index (χ3v) is 6.05. The highest BCUT2D eigenvalue weighted by atomic mass is 19.4. The molecule has 2 aromatic rings. The molecular formula is C25H27F6N3O6. The maximum Gasteiger partial charge on any atom is 0.490 e. The van der Waals surface area contributed by atoms with Crippen LogP contribution in [0.1, 0.15) is 21.7 Å². The van der Waals surface area contributed by atoms with Gasteiger partial charge in [0.15, 0.2) is 0 Å². The number of carbonyl (C=O) groups excluding carboxylic acids is 1. The van der Waals surface area contributed by atoms with Crippen molar-refractivity contribution in [3.05, 3.63) is 65.5 Å². The van der Waals surface area contributed by atoms with E-state index in [9.17, 15) is 31.1 Å². The number of fused-ring (bicyclic) bond motifs is 1. The maximum absolute atomic E-state index is 12.4. The standard InChI is InChI=1S/C21H25N3O2.2C2HF3O2/c1-16-6-5-9-19(23-16)11-24-10-18-12-26-15-21(18,14-24)13-22-20(25)17-7-3-2-4-8-17;2*3-2(4,5)1(6)7/h2-9,18H,10-15H2,1H3,(H,22,25);2*(H,6,7)/t18-,21+;;/m1../s1. The Morgan fingerprint density at radius 3 is 2.10 bits per heavy atom. The van der Waals surface area contributed by atoms with Gasteiger partial charge in [-0.15, -0.1) is 0 Å². The van der Waals surface area contributed by atoms with Gasteiger partial charge >= 0.3 is 24.3 Å². The number of aromatic nitrogens is 1. The number of nitrogens with one attached hydrogen (secondary N) is 1.